The van der Waals surface area contributed by atoms with Crippen molar-refractivity contribution < 1.29 is 4.74 Å². The Morgan fingerprint density at radius 1 is 1.17 bits per heavy atom. The minimum atomic E-state index is 0.630. The molecule has 3 nitrogen and oxygen atoms in total. The maximum atomic E-state index is 4.92. The molecule has 0 atom stereocenters. The molecule has 0 N–H and O–H groups in total. The van der Waals surface area contributed by atoms with E-state index in [0.717, 1.165) is 11.5 Å². The topological polar surface area (TPSA) is 35.0 Å². The second kappa shape index (κ2) is 5.52. The third-order valence-corrected chi connectivity index (χ3v) is 1.15. The smallest absolute Gasteiger partial charge is 0.216 e. The Labute approximate surface area is 73.8 Å². The average molecular weight is 168 g/mol. The second-order valence-electron chi connectivity index (χ2n) is 2.10. The summed E-state index contributed by atoms with van der Waals surface area (Å²) in [5, 5.41) is 0. The third-order valence-electron chi connectivity index (χ3n) is 1.15. The molecule has 12 heavy (non-hydrogen) atoms. The Morgan fingerprint density at radius 2 is 1.75 bits per heavy atom. The zero-order valence-corrected chi connectivity index (χ0v) is 8.38. The van der Waals surface area contributed by atoms with Crippen LogP contribution < -0.4 is 4.74 Å². The lowest BCUT2D eigenvalue weighted by molar-refractivity contribution is 0.395. The van der Waals surface area contributed by atoms with Crippen LogP contribution in [0.3, 0.4) is 0 Å². The van der Waals surface area contributed by atoms with E-state index in [1.165, 1.54) is 0 Å². The summed E-state index contributed by atoms with van der Waals surface area (Å²) in [5.41, 5.74) is 0.935. The van der Waals surface area contributed by atoms with Gasteiger partial charge in [0.25, 0.3) is 0 Å². The molecular formula is C9H16N2O. The molecule has 1 rings (SSSR count). The Bertz CT molecular complexity index is 216. The van der Waals surface area contributed by atoms with Gasteiger partial charge in [-0.15, -0.1) is 0 Å². The number of ether oxygens (including phenoxy) is 1. The van der Waals surface area contributed by atoms with Crippen LogP contribution in [0.5, 0.6) is 5.88 Å². The van der Waals surface area contributed by atoms with Crippen molar-refractivity contribution in [3.05, 3.63) is 17.6 Å². The standard InChI is InChI=1S/C7H10N2O.C2H6/c1-5-4-7(10-3)9-6(2)8-5;1-2/h4H,1-3H3;1-2H3. The Morgan fingerprint density at radius 3 is 2.17 bits per heavy atom. The fourth-order valence-corrected chi connectivity index (χ4v) is 0.788. The van der Waals surface area contributed by atoms with Gasteiger partial charge >= 0.3 is 0 Å². The number of hydrogen-bond donors (Lipinski definition) is 0. The van der Waals surface area contributed by atoms with E-state index in [2.05, 4.69) is 9.97 Å². The van der Waals surface area contributed by atoms with E-state index < -0.39 is 0 Å². The second-order valence-corrected chi connectivity index (χ2v) is 2.10. The molecule has 1 aromatic rings. The van der Waals surface area contributed by atoms with Crippen LogP contribution in [0.15, 0.2) is 6.07 Å². The van der Waals surface area contributed by atoms with Gasteiger partial charge in [0.1, 0.15) is 5.82 Å². The van der Waals surface area contributed by atoms with Gasteiger partial charge in [-0.25, -0.2) is 4.98 Å². The first-order valence-electron chi connectivity index (χ1n) is 4.08. The van der Waals surface area contributed by atoms with Crippen molar-refractivity contribution in [1.29, 1.82) is 0 Å². The van der Waals surface area contributed by atoms with Gasteiger partial charge in [-0.05, 0) is 13.8 Å². The van der Waals surface area contributed by atoms with E-state index in [9.17, 15) is 0 Å². The fourth-order valence-electron chi connectivity index (χ4n) is 0.788. The highest BCUT2D eigenvalue weighted by atomic mass is 16.5. The van der Waals surface area contributed by atoms with Crippen LogP contribution in [0, 0.1) is 13.8 Å². The van der Waals surface area contributed by atoms with E-state index >= 15 is 0 Å². The van der Waals surface area contributed by atoms with Gasteiger partial charge in [-0.3, -0.25) is 0 Å². The lowest BCUT2D eigenvalue weighted by Gasteiger charge is -1.99. The number of nitrogens with zero attached hydrogens (tertiary/aromatic N) is 2. The molecule has 0 amide bonds. The maximum Gasteiger partial charge on any atom is 0.216 e. The Balaban J connectivity index is 0.000000561. The van der Waals surface area contributed by atoms with Gasteiger partial charge in [0.2, 0.25) is 5.88 Å². The molecule has 1 aromatic heterocycles. The first kappa shape index (κ1) is 10.9. The van der Waals surface area contributed by atoms with Crippen LogP contribution in [0.25, 0.3) is 0 Å². The van der Waals surface area contributed by atoms with Crippen LogP contribution in [0.4, 0.5) is 0 Å². The maximum absolute atomic E-state index is 4.92. The molecule has 1 heterocycles. The van der Waals surface area contributed by atoms with Crippen LogP contribution in [-0.2, 0) is 0 Å². The first-order chi connectivity index (χ1) is 5.72. The Kier molecular flexibility index (Phi) is 5.00. The molecule has 3 heteroatoms. The molecule has 0 fully saturated rings. The lowest BCUT2D eigenvalue weighted by Crippen LogP contribution is -1.94. The SMILES string of the molecule is CC.COc1cc(C)nc(C)n1. The molecule has 0 spiro atoms. The van der Waals surface area contributed by atoms with Gasteiger partial charge in [0.05, 0.1) is 7.11 Å². The van der Waals surface area contributed by atoms with Gasteiger partial charge < -0.3 is 4.74 Å². The Hall–Kier alpha value is -1.12. The van der Waals surface area contributed by atoms with E-state index in [4.69, 9.17) is 4.74 Å². The summed E-state index contributed by atoms with van der Waals surface area (Å²) in [5.74, 6) is 1.38. The lowest BCUT2D eigenvalue weighted by atomic mass is 10.4. The molecule has 0 saturated carbocycles. The molecule has 0 aliphatic carbocycles. The number of aromatic nitrogens is 2. The molecule has 0 aliphatic rings. The van der Waals surface area contributed by atoms with E-state index in [-0.39, 0.29) is 0 Å². The zero-order chi connectivity index (χ0) is 9.56. The summed E-state index contributed by atoms with van der Waals surface area (Å²) in [6.45, 7) is 7.76. The van der Waals surface area contributed by atoms with Crippen LogP contribution in [-0.4, -0.2) is 17.1 Å². The van der Waals surface area contributed by atoms with Crippen LogP contribution in [0.2, 0.25) is 0 Å². The summed E-state index contributed by atoms with van der Waals surface area (Å²) in [6.07, 6.45) is 0. The quantitative estimate of drug-likeness (QED) is 0.644. The highest BCUT2D eigenvalue weighted by Crippen LogP contribution is 2.06. The molecule has 0 unspecified atom stereocenters. The number of hydrogen-bond acceptors (Lipinski definition) is 3. The monoisotopic (exact) mass is 168 g/mol. The molecule has 0 aromatic carbocycles. The third kappa shape index (κ3) is 3.32. The molecule has 0 saturated heterocycles. The van der Waals surface area contributed by atoms with Crippen molar-refractivity contribution in [3.8, 4) is 5.88 Å². The highest BCUT2D eigenvalue weighted by Gasteiger charge is 1.95. The summed E-state index contributed by atoms with van der Waals surface area (Å²) in [4.78, 5) is 8.11. The normalized spacial score (nSPS) is 8.42. The predicted molar refractivity (Wildman–Crippen MR) is 49.4 cm³/mol. The van der Waals surface area contributed by atoms with Gasteiger partial charge in [-0.2, -0.15) is 4.98 Å². The molecule has 0 aliphatic heterocycles. The summed E-state index contributed by atoms with van der Waals surface area (Å²) in [6, 6.07) is 1.80. The number of methoxy groups -OCH3 is 1. The fraction of sp³-hybridized carbons (Fsp3) is 0.556. The van der Waals surface area contributed by atoms with Gasteiger partial charge in [0, 0.05) is 11.8 Å². The van der Waals surface area contributed by atoms with Crippen molar-refractivity contribution in [2.24, 2.45) is 0 Å². The molecule has 0 radical (unpaired) electrons. The highest BCUT2D eigenvalue weighted by molar-refractivity contribution is 5.14. The first-order valence-corrected chi connectivity index (χ1v) is 4.08. The summed E-state index contributed by atoms with van der Waals surface area (Å²) < 4.78 is 4.92. The molecular weight excluding hydrogens is 152 g/mol. The molecule has 68 valence electrons. The largest absolute Gasteiger partial charge is 0.481 e. The number of rotatable bonds is 1. The van der Waals surface area contributed by atoms with Crippen LogP contribution in [0.1, 0.15) is 25.4 Å². The molecule has 0 bridgehead atoms. The zero-order valence-electron chi connectivity index (χ0n) is 8.38. The van der Waals surface area contributed by atoms with E-state index in [0.29, 0.717) is 5.88 Å². The predicted octanol–water partition coefficient (Wildman–Crippen LogP) is 2.13. The summed E-state index contributed by atoms with van der Waals surface area (Å²) >= 11 is 0. The van der Waals surface area contributed by atoms with Crippen LogP contribution >= 0.6 is 0 Å². The van der Waals surface area contributed by atoms with Gasteiger partial charge in [0.15, 0.2) is 0 Å². The van der Waals surface area contributed by atoms with Crippen molar-refractivity contribution in [2.45, 2.75) is 27.7 Å². The van der Waals surface area contributed by atoms with Gasteiger partial charge in [-0.1, -0.05) is 13.8 Å². The van der Waals surface area contributed by atoms with Crippen molar-refractivity contribution >= 4 is 0 Å². The van der Waals surface area contributed by atoms with Crippen molar-refractivity contribution in [2.75, 3.05) is 7.11 Å². The average Bonchev–Trinajstić information content (AvgIpc) is 2.06. The minimum Gasteiger partial charge on any atom is -0.481 e. The summed E-state index contributed by atoms with van der Waals surface area (Å²) in [7, 11) is 1.60. The van der Waals surface area contributed by atoms with E-state index in [1.54, 1.807) is 13.2 Å². The van der Waals surface area contributed by atoms with Crippen molar-refractivity contribution in [1.82, 2.24) is 9.97 Å². The van der Waals surface area contributed by atoms with E-state index in [1.807, 2.05) is 27.7 Å². The number of aryl methyl sites for hydroxylation is 2. The van der Waals surface area contributed by atoms with Crippen molar-refractivity contribution in [3.63, 3.8) is 0 Å². The minimum absolute atomic E-state index is 0.630.